The third-order valence-corrected chi connectivity index (χ3v) is 3.12. The van der Waals surface area contributed by atoms with Crippen LogP contribution < -0.4 is 10.1 Å². The van der Waals surface area contributed by atoms with Crippen molar-refractivity contribution in [3.63, 3.8) is 0 Å². The summed E-state index contributed by atoms with van der Waals surface area (Å²) in [5.41, 5.74) is -0.177. The largest absolute Gasteiger partial charge is 0.494 e. The first kappa shape index (κ1) is 21.5. The van der Waals surface area contributed by atoms with E-state index in [0.29, 0.717) is 17.9 Å². The molecule has 0 aliphatic rings. The maximum atomic E-state index is 12.3. The van der Waals surface area contributed by atoms with E-state index in [1.165, 1.54) is 6.92 Å². The van der Waals surface area contributed by atoms with Crippen molar-refractivity contribution >= 4 is 17.8 Å². The Balaban J connectivity index is 2.41. The molecule has 1 rings (SSSR count). The number of rotatable bonds is 8. The predicted octanol–water partition coefficient (Wildman–Crippen LogP) is 3.11. The van der Waals surface area contributed by atoms with Gasteiger partial charge in [0.25, 0.3) is 0 Å². The Bertz CT molecular complexity index is 618. The quantitative estimate of drug-likeness (QED) is 0.562. The molecule has 1 aromatic carbocycles. The highest BCUT2D eigenvalue weighted by molar-refractivity contribution is 6.00. The average Bonchev–Trinajstić information content (AvgIpc) is 2.53. The molecule has 0 aliphatic carbocycles. The van der Waals surface area contributed by atoms with Crippen LogP contribution in [-0.4, -0.2) is 42.7 Å². The molecular formula is C19H27NO6. The van der Waals surface area contributed by atoms with Crippen LogP contribution in [0.15, 0.2) is 24.3 Å². The molecule has 0 unspecified atom stereocenters. The molecule has 1 atom stereocenters. The molecule has 0 aromatic heterocycles. The number of amides is 1. The molecular weight excluding hydrogens is 338 g/mol. The van der Waals surface area contributed by atoms with E-state index in [2.05, 4.69) is 5.32 Å². The van der Waals surface area contributed by atoms with Crippen LogP contribution in [0.3, 0.4) is 0 Å². The topological polar surface area (TPSA) is 90.9 Å². The van der Waals surface area contributed by atoms with Crippen molar-refractivity contribution < 1.29 is 28.6 Å². The van der Waals surface area contributed by atoms with Crippen LogP contribution >= 0.6 is 0 Å². The number of ether oxygens (including phenoxy) is 3. The first-order valence-electron chi connectivity index (χ1n) is 8.55. The van der Waals surface area contributed by atoms with Gasteiger partial charge in [-0.05, 0) is 58.9 Å². The van der Waals surface area contributed by atoms with E-state index in [0.717, 1.165) is 0 Å². The van der Waals surface area contributed by atoms with Crippen LogP contribution in [0.1, 0.15) is 51.4 Å². The Labute approximate surface area is 154 Å². The van der Waals surface area contributed by atoms with Gasteiger partial charge in [-0.3, -0.25) is 9.59 Å². The Morgan fingerprint density at radius 2 is 1.73 bits per heavy atom. The van der Waals surface area contributed by atoms with E-state index >= 15 is 0 Å². The standard InChI is InChI=1S/C19H27NO6/c1-6-24-15-9-7-14(8-10-15)17(22)13(2)25-16(21)11-12-20-18(23)26-19(3,4)5/h7-10,13H,6,11-12H2,1-5H3,(H,20,23)/t13-/m1/s1. The Morgan fingerprint density at radius 3 is 2.27 bits per heavy atom. The van der Waals surface area contributed by atoms with Crippen molar-refractivity contribution in [2.75, 3.05) is 13.2 Å². The van der Waals surface area contributed by atoms with Crippen LogP contribution in [-0.2, 0) is 14.3 Å². The molecule has 0 spiro atoms. The molecule has 1 aromatic rings. The van der Waals surface area contributed by atoms with E-state index in [1.54, 1.807) is 45.0 Å². The van der Waals surface area contributed by atoms with E-state index in [-0.39, 0.29) is 18.7 Å². The summed E-state index contributed by atoms with van der Waals surface area (Å²) in [4.78, 5) is 35.6. The van der Waals surface area contributed by atoms with Gasteiger partial charge >= 0.3 is 12.1 Å². The highest BCUT2D eigenvalue weighted by Crippen LogP contribution is 2.14. The second kappa shape index (κ2) is 9.79. The molecule has 1 N–H and O–H groups in total. The number of alkyl carbamates (subject to hydrolysis) is 1. The molecule has 0 fully saturated rings. The van der Waals surface area contributed by atoms with Crippen molar-refractivity contribution in [2.45, 2.75) is 52.7 Å². The molecule has 0 aliphatic heterocycles. The van der Waals surface area contributed by atoms with Gasteiger partial charge < -0.3 is 19.5 Å². The fourth-order valence-corrected chi connectivity index (χ4v) is 2.01. The number of hydrogen-bond acceptors (Lipinski definition) is 6. The van der Waals surface area contributed by atoms with Crippen molar-refractivity contribution in [1.82, 2.24) is 5.32 Å². The maximum Gasteiger partial charge on any atom is 0.407 e. The van der Waals surface area contributed by atoms with Crippen LogP contribution in [0, 0.1) is 0 Å². The van der Waals surface area contributed by atoms with Gasteiger partial charge in [0.15, 0.2) is 6.10 Å². The fraction of sp³-hybridized carbons (Fsp3) is 0.526. The molecule has 26 heavy (non-hydrogen) atoms. The zero-order chi connectivity index (χ0) is 19.7. The Morgan fingerprint density at radius 1 is 1.12 bits per heavy atom. The van der Waals surface area contributed by atoms with E-state index in [1.807, 2.05) is 6.92 Å². The van der Waals surface area contributed by atoms with Gasteiger partial charge in [0, 0.05) is 12.1 Å². The second-order valence-electron chi connectivity index (χ2n) is 6.63. The molecule has 7 heteroatoms. The smallest absolute Gasteiger partial charge is 0.407 e. The van der Waals surface area contributed by atoms with E-state index in [9.17, 15) is 14.4 Å². The molecule has 0 saturated heterocycles. The van der Waals surface area contributed by atoms with Crippen LogP contribution in [0.2, 0.25) is 0 Å². The minimum absolute atomic E-state index is 0.0554. The molecule has 0 bridgehead atoms. The van der Waals surface area contributed by atoms with Crippen LogP contribution in [0.4, 0.5) is 4.79 Å². The normalized spacial score (nSPS) is 12.0. The molecule has 0 heterocycles. The van der Waals surface area contributed by atoms with Gasteiger partial charge in [0.1, 0.15) is 11.4 Å². The van der Waals surface area contributed by atoms with Crippen LogP contribution in [0.25, 0.3) is 0 Å². The van der Waals surface area contributed by atoms with E-state index in [4.69, 9.17) is 14.2 Å². The summed E-state index contributed by atoms with van der Waals surface area (Å²) in [5.74, 6) is -0.212. The lowest BCUT2D eigenvalue weighted by molar-refractivity contribution is -0.146. The minimum atomic E-state index is -0.915. The number of benzene rings is 1. The lowest BCUT2D eigenvalue weighted by Crippen LogP contribution is -2.34. The van der Waals surface area contributed by atoms with Crippen LogP contribution in [0.5, 0.6) is 5.75 Å². The van der Waals surface area contributed by atoms with Gasteiger partial charge in [-0.1, -0.05) is 0 Å². The van der Waals surface area contributed by atoms with E-state index < -0.39 is 23.8 Å². The zero-order valence-corrected chi connectivity index (χ0v) is 16.0. The molecule has 0 radical (unpaired) electrons. The number of carbonyl (C=O) groups is 3. The number of hydrogen-bond donors (Lipinski definition) is 1. The van der Waals surface area contributed by atoms with Gasteiger partial charge in [0.05, 0.1) is 13.0 Å². The maximum absolute atomic E-state index is 12.3. The van der Waals surface area contributed by atoms with Crippen molar-refractivity contribution in [1.29, 1.82) is 0 Å². The fourth-order valence-electron chi connectivity index (χ4n) is 2.01. The third-order valence-electron chi connectivity index (χ3n) is 3.12. The van der Waals surface area contributed by atoms with Crippen molar-refractivity contribution in [3.05, 3.63) is 29.8 Å². The lowest BCUT2D eigenvalue weighted by Gasteiger charge is -2.19. The number of nitrogens with one attached hydrogen (secondary N) is 1. The molecule has 0 saturated carbocycles. The summed E-state index contributed by atoms with van der Waals surface area (Å²) in [6.07, 6.45) is -1.58. The number of esters is 1. The summed E-state index contributed by atoms with van der Waals surface area (Å²) in [5, 5.41) is 2.46. The summed E-state index contributed by atoms with van der Waals surface area (Å²) < 4.78 is 15.5. The number of carbonyl (C=O) groups excluding carboxylic acids is 3. The SMILES string of the molecule is CCOc1ccc(C(=O)[C@@H](C)OC(=O)CCNC(=O)OC(C)(C)C)cc1. The number of ketones is 1. The first-order chi connectivity index (χ1) is 12.1. The molecule has 144 valence electrons. The molecule has 7 nitrogen and oxygen atoms in total. The van der Waals surface area contributed by atoms with Crippen molar-refractivity contribution in [3.8, 4) is 5.75 Å². The lowest BCUT2D eigenvalue weighted by atomic mass is 10.1. The zero-order valence-electron chi connectivity index (χ0n) is 16.0. The summed E-state index contributed by atoms with van der Waals surface area (Å²) >= 11 is 0. The predicted molar refractivity (Wildman–Crippen MR) is 96.3 cm³/mol. The summed E-state index contributed by atoms with van der Waals surface area (Å²) in [7, 11) is 0. The Kier molecular flexibility index (Phi) is 8.09. The monoisotopic (exact) mass is 365 g/mol. The first-order valence-corrected chi connectivity index (χ1v) is 8.55. The Hall–Kier alpha value is -2.57. The highest BCUT2D eigenvalue weighted by Gasteiger charge is 2.20. The summed E-state index contributed by atoms with van der Waals surface area (Å²) in [6.45, 7) is 9.23. The minimum Gasteiger partial charge on any atom is -0.494 e. The van der Waals surface area contributed by atoms with Gasteiger partial charge in [0.2, 0.25) is 5.78 Å². The van der Waals surface area contributed by atoms with Gasteiger partial charge in [-0.2, -0.15) is 0 Å². The van der Waals surface area contributed by atoms with Gasteiger partial charge in [-0.15, -0.1) is 0 Å². The van der Waals surface area contributed by atoms with Gasteiger partial charge in [-0.25, -0.2) is 4.79 Å². The molecule has 1 amide bonds. The third kappa shape index (κ3) is 8.00. The van der Waals surface area contributed by atoms with Crippen molar-refractivity contribution in [2.24, 2.45) is 0 Å². The summed E-state index contributed by atoms with van der Waals surface area (Å²) in [6, 6.07) is 6.63. The highest BCUT2D eigenvalue weighted by atomic mass is 16.6. The average molecular weight is 365 g/mol. The number of Topliss-reactive ketones (excluding diaryl/α,β-unsaturated/α-hetero) is 1. The second-order valence-corrected chi connectivity index (χ2v) is 6.63.